The predicted molar refractivity (Wildman–Crippen MR) is 95.4 cm³/mol. The first-order valence-corrected chi connectivity index (χ1v) is 8.60. The first kappa shape index (κ1) is 15.1. The van der Waals surface area contributed by atoms with E-state index in [9.17, 15) is 0 Å². The maximum absolute atomic E-state index is 4.15. The van der Waals surface area contributed by atoms with E-state index < -0.39 is 0 Å². The molecule has 0 radical (unpaired) electrons. The van der Waals surface area contributed by atoms with Crippen molar-refractivity contribution >= 4 is 0 Å². The van der Waals surface area contributed by atoms with Crippen LogP contribution in [-0.2, 0) is 19.5 Å². The fourth-order valence-corrected chi connectivity index (χ4v) is 3.41. The van der Waals surface area contributed by atoms with Gasteiger partial charge in [-0.1, -0.05) is 48.5 Å². The Morgan fingerprint density at radius 1 is 1.04 bits per heavy atom. The number of aryl methyl sites for hydroxylation is 1. The summed E-state index contributed by atoms with van der Waals surface area (Å²) < 4.78 is 2.19. The highest BCUT2D eigenvalue weighted by Gasteiger charge is 2.18. The Labute approximate surface area is 142 Å². The Bertz CT molecular complexity index is 794. The fraction of sp³-hybridized carbons (Fsp3) is 0.300. The third-order valence-corrected chi connectivity index (χ3v) is 4.72. The zero-order valence-electron chi connectivity index (χ0n) is 13.7. The topological polar surface area (TPSA) is 42.7 Å². The first-order valence-electron chi connectivity index (χ1n) is 8.60. The average Bonchev–Trinajstić information content (AvgIpc) is 3.11. The Morgan fingerprint density at radius 3 is 2.83 bits per heavy atom. The number of hydrogen-bond acceptors (Lipinski definition) is 3. The maximum atomic E-state index is 4.15. The van der Waals surface area contributed by atoms with Crippen LogP contribution in [0, 0.1) is 5.92 Å². The van der Waals surface area contributed by atoms with Gasteiger partial charge < -0.3 is 9.88 Å². The van der Waals surface area contributed by atoms with Crippen LogP contribution in [0.5, 0.6) is 0 Å². The molecule has 1 N–H and O–H groups in total. The van der Waals surface area contributed by atoms with Crippen LogP contribution in [0.4, 0.5) is 0 Å². The summed E-state index contributed by atoms with van der Waals surface area (Å²) in [5.74, 6) is 1.78. The lowest BCUT2D eigenvalue weighted by Gasteiger charge is -2.23. The molecule has 0 unspecified atom stereocenters. The van der Waals surface area contributed by atoms with E-state index in [-0.39, 0.29) is 0 Å². The zero-order chi connectivity index (χ0) is 16.2. The molecule has 1 atom stereocenters. The van der Waals surface area contributed by atoms with Crippen molar-refractivity contribution in [1.29, 1.82) is 0 Å². The number of rotatable bonds is 5. The van der Waals surface area contributed by atoms with Crippen molar-refractivity contribution in [2.24, 2.45) is 5.92 Å². The summed E-state index contributed by atoms with van der Waals surface area (Å²) in [5, 5.41) is 11.8. The summed E-state index contributed by atoms with van der Waals surface area (Å²) >= 11 is 0. The molecule has 1 aromatic heterocycles. The Kier molecular flexibility index (Phi) is 4.38. The first-order chi connectivity index (χ1) is 11.9. The van der Waals surface area contributed by atoms with E-state index in [2.05, 4.69) is 74.7 Å². The van der Waals surface area contributed by atoms with Gasteiger partial charge >= 0.3 is 0 Å². The minimum atomic E-state index is 0.658. The lowest BCUT2D eigenvalue weighted by Crippen LogP contribution is -2.29. The molecular weight excluding hydrogens is 296 g/mol. The van der Waals surface area contributed by atoms with E-state index in [0.29, 0.717) is 5.92 Å². The van der Waals surface area contributed by atoms with Crippen molar-refractivity contribution < 1.29 is 0 Å². The van der Waals surface area contributed by atoms with Gasteiger partial charge in [-0.05, 0) is 41.6 Å². The molecule has 0 spiro atoms. The second-order valence-electron chi connectivity index (χ2n) is 6.50. The lowest BCUT2D eigenvalue weighted by atomic mass is 9.99. The molecule has 4 nitrogen and oxygen atoms in total. The van der Waals surface area contributed by atoms with Crippen molar-refractivity contribution in [1.82, 2.24) is 20.1 Å². The summed E-state index contributed by atoms with van der Waals surface area (Å²) in [6, 6.07) is 19.3. The number of benzene rings is 2. The SMILES string of the molecule is c1ccc(-c2cccc(CNC[C@@H]3CCc4nncn4C3)c2)cc1. The highest BCUT2D eigenvalue weighted by Crippen LogP contribution is 2.20. The molecule has 0 saturated carbocycles. The van der Waals surface area contributed by atoms with Crippen LogP contribution in [0.3, 0.4) is 0 Å². The minimum Gasteiger partial charge on any atom is -0.317 e. The Hall–Kier alpha value is -2.46. The number of aromatic nitrogens is 3. The Balaban J connectivity index is 1.34. The molecule has 0 saturated heterocycles. The van der Waals surface area contributed by atoms with E-state index in [1.165, 1.54) is 23.1 Å². The van der Waals surface area contributed by atoms with Crippen molar-refractivity contribution in [3.63, 3.8) is 0 Å². The summed E-state index contributed by atoms with van der Waals surface area (Å²) in [6.45, 7) is 2.97. The number of fused-ring (bicyclic) bond motifs is 1. The second-order valence-corrected chi connectivity index (χ2v) is 6.50. The van der Waals surface area contributed by atoms with Gasteiger partial charge in [0.05, 0.1) is 0 Å². The molecule has 0 amide bonds. The Morgan fingerprint density at radius 2 is 1.92 bits per heavy atom. The molecule has 2 aromatic carbocycles. The van der Waals surface area contributed by atoms with E-state index in [1.54, 1.807) is 0 Å². The predicted octanol–water partition coefficient (Wildman–Crippen LogP) is 3.30. The smallest absolute Gasteiger partial charge is 0.132 e. The molecule has 2 heterocycles. The van der Waals surface area contributed by atoms with Gasteiger partial charge in [0.25, 0.3) is 0 Å². The van der Waals surface area contributed by atoms with Crippen LogP contribution in [0.2, 0.25) is 0 Å². The summed E-state index contributed by atoms with van der Waals surface area (Å²) in [6.07, 6.45) is 4.08. The molecule has 24 heavy (non-hydrogen) atoms. The molecular formula is C20H22N4. The van der Waals surface area contributed by atoms with Crippen molar-refractivity contribution in [3.05, 3.63) is 72.3 Å². The highest BCUT2D eigenvalue weighted by atomic mass is 15.3. The van der Waals surface area contributed by atoms with Crippen LogP contribution in [0.25, 0.3) is 11.1 Å². The monoisotopic (exact) mass is 318 g/mol. The normalized spacial score (nSPS) is 16.8. The zero-order valence-corrected chi connectivity index (χ0v) is 13.7. The lowest BCUT2D eigenvalue weighted by molar-refractivity contribution is 0.347. The number of nitrogens with one attached hydrogen (secondary N) is 1. The van der Waals surface area contributed by atoms with Gasteiger partial charge in [0.2, 0.25) is 0 Å². The van der Waals surface area contributed by atoms with Gasteiger partial charge in [-0.25, -0.2) is 0 Å². The molecule has 4 rings (SSSR count). The van der Waals surface area contributed by atoms with Crippen LogP contribution in [0.1, 0.15) is 17.8 Å². The van der Waals surface area contributed by atoms with Crippen LogP contribution in [0.15, 0.2) is 60.9 Å². The molecule has 1 aliphatic heterocycles. The van der Waals surface area contributed by atoms with Crippen LogP contribution < -0.4 is 5.32 Å². The largest absolute Gasteiger partial charge is 0.317 e. The highest BCUT2D eigenvalue weighted by molar-refractivity contribution is 5.63. The van der Waals surface area contributed by atoms with E-state index in [1.807, 2.05) is 6.33 Å². The molecule has 0 aliphatic carbocycles. The molecule has 3 aromatic rings. The van der Waals surface area contributed by atoms with Gasteiger partial charge in [0.1, 0.15) is 12.2 Å². The second kappa shape index (κ2) is 6.97. The summed E-state index contributed by atoms with van der Waals surface area (Å²) in [5.41, 5.74) is 3.88. The van der Waals surface area contributed by atoms with Gasteiger partial charge in [0.15, 0.2) is 0 Å². The summed E-state index contributed by atoms with van der Waals surface area (Å²) in [4.78, 5) is 0. The number of nitrogens with zero attached hydrogens (tertiary/aromatic N) is 3. The molecule has 0 bridgehead atoms. The van der Waals surface area contributed by atoms with Gasteiger partial charge in [0, 0.05) is 19.5 Å². The van der Waals surface area contributed by atoms with E-state index in [4.69, 9.17) is 0 Å². The van der Waals surface area contributed by atoms with Gasteiger partial charge in [-0.2, -0.15) is 0 Å². The third-order valence-electron chi connectivity index (χ3n) is 4.72. The van der Waals surface area contributed by atoms with E-state index >= 15 is 0 Å². The van der Waals surface area contributed by atoms with Crippen molar-refractivity contribution in [3.8, 4) is 11.1 Å². The van der Waals surface area contributed by atoms with E-state index in [0.717, 1.165) is 31.9 Å². The molecule has 122 valence electrons. The third kappa shape index (κ3) is 3.39. The molecule has 0 fully saturated rings. The van der Waals surface area contributed by atoms with Crippen LogP contribution >= 0.6 is 0 Å². The fourth-order valence-electron chi connectivity index (χ4n) is 3.41. The van der Waals surface area contributed by atoms with Gasteiger partial charge in [-0.3, -0.25) is 0 Å². The maximum Gasteiger partial charge on any atom is 0.132 e. The molecule has 4 heteroatoms. The quantitative estimate of drug-likeness (QED) is 0.785. The minimum absolute atomic E-state index is 0.658. The van der Waals surface area contributed by atoms with Crippen molar-refractivity contribution in [2.45, 2.75) is 25.9 Å². The van der Waals surface area contributed by atoms with Crippen molar-refractivity contribution in [2.75, 3.05) is 6.54 Å². The van der Waals surface area contributed by atoms with Gasteiger partial charge in [-0.15, -0.1) is 10.2 Å². The van der Waals surface area contributed by atoms with Crippen LogP contribution in [-0.4, -0.2) is 21.3 Å². The standard InChI is InChI=1S/C20H22N4/c1-2-6-18(7-3-1)19-8-4-5-16(11-19)12-21-13-17-9-10-20-23-22-15-24(20)14-17/h1-8,11,15,17,21H,9-10,12-14H2/t17-/m0/s1. The number of hydrogen-bond donors (Lipinski definition) is 1. The average molecular weight is 318 g/mol. The summed E-state index contributed by atoms with van der Waals surface area (Å²) in [7, 11) is 0. The molecule has 1 aliphatic rings.